The van der Waals surface area contributed by atoms with Crippen LogP contribution in [-0.4, -0.2) is 23.1 Å². The molecule has 2 N–H and O–H groups in total. The number of anilines is 2. The zero-order chi connectivity index (χ0) is 15.2. The van der Waals surface area contributed by atoms with Crippen molar-refractivity contribution >= 4 is 11.6 Å². The quantitative estimate of drug-likeness (QED) is 0.814. The Morgan fingerprint density at radius 3 is 2.38 bits per heavy atom. The van der Waals surface area contributed by atoms with E-state index in [-0.39, 0.29) is 0 Å². The van der Waals surface area contributed by atoms with Gasteiger partial charge in [0.25, 0.3) is 0 Å². The van der Waals surface area contributed by atoms with Crippen molar-refractivity contribution in [3.8, 4) is 0 Å². The Labute approximate surface area is 129 Å². The molecule has 21 heavy (non-hydrogen) atoms. The van der Waals surface area contributed by atoms with E-state index in [2.05, 4.69) is 41.4 Å². The summed E-state index contributed by atoms with van der Waals surface area (Å²) in [6.45, 7) is 6.56. The summed E-state index contributed by atoms with van der Waals surface area (Å²) in [6, 6.07) is 2.59. The molecule has 0 aromatic carbocycles. The highest BCUT2D eigenvalue weighted by atomic mass is 15.1. The maximum absolute atomic E-state index is 4.67. The SMILES string of the molecule is CCCC1CCC(Nc2cc(NC)nc(C(C)C)n2)CC1. The molecule has 118 valence electrons. The first-order valence-electron chi connectivity index (χ1n) is 8.45. The molecule has 4 nitrogen and oxygen atoms in total. The Morgan fingerprint density at radius 2 is 1.81 bits per heavy atom. The van der Waals surface area contributed by atoms with Crippen LogP contribution in [-0.2, 0) is 0 Å². The van der Waals surface area contributed by atoms with Crippen LogP contribution < -0.4 is 10.6 Å². The minimum absolute atomic E-state index is 0.346. The summed E-state index contributed by atoms with van der Waals surface area (Å²) in [5.41, 5.74) is 0. The average Bonchev–Trinajstić information content (AvgIpc) is 2.49. The molecule has 4 heteroatoms. The summed E-state index contributed by atoms with van der Waals surface area (Å²) in [5, 5.41) is 6.75. The van der Waals surface area contributed by atoms with Crippen molar-refractivity contribution in [3.63, 3.8) is 0 Å². The van der Waals surface area contributed by atoms with Crippen LogP contribution in [0.4, 0.5) is 11.6 Å². The van der Waals surface area contributed by atoms with E-state index in [1.54, 1.807) is 0 Å². The van der Waals surface area contributed by atoms with Gasteiger partial charge in [0.2, 0.25) is 0 Å². The van der Waals surface area contributed by atoms with Gasteiger partial charge in [-0.3, -0.25) is 0 Å². The molecule has 0 amide bonds. The molecule has 1 saturated carbocycles. The Balaban J connectivity index is 1.98. The second-order valence-electron chi connectivity index (χ2n) is 6.55. The van der Waals surface area contributed by atoms with Crippen LogP contribution in [0.1, 0.15) is 71.0 Å². The van der Waals surface area contributed by atoms with Gasteiger partial charge >= 0.3 is 0 Å². The lowest BCUT2D eigenvalue weighted by Gasteiger charge is -2.29. The topological polar surface area (TPSA) is 49.8 Å². The molecule has 0 radical (unpaired) electrons. The minimum atomic E-state index is 0.346. The van der Waals surface area contributed by atoms with Gasteiger partial charge in [0.05, 0.1) is 0 Å². The molecule has 1 fully saturated rings. The molecule has 0 unspecified atom stereocenters. The fourth-order valence-corrected chi connectivity index (χ4v) is 3.14. The number of hydrogen-bond acceptors (Lipinski definition) is 4. The third-order valence-electron chi connectivity index (χ3n) is 4.41. The molecule has 0 bridgehead atoms. The van der Waals surface area contributed by atoms with Gasteiger partial charge in [-0.1, -0.05) is 33.6 Å². The summed E-state index contributed by atoms with van der Waals surface area (Å²) in [7, 11) is 1.91. The van der Waals surface area contributed by atoms with Crippen LogP contribution in [0.5, 0.6) is 0 Å². The third kappa shape index (κ3) is 4.58. The summed E-state index contributed by atoms with van der Waals surface area (Å²) >= 11 is 0. The first kappa shape index (κ1) is 16.1. The highest BCUT2D eigenvalue weighted by Gasteiger charge is 2.21. The predicted molar refractivity (Wildman–Crippen MR) is 89.9 cm³/mol. The summed E-state index contributed by atoms with van der Waals surface area (Å²) in [5.74, 6) is 4.06. The Morgan fingerprint density at radius 1 is 1.14 bits per heavy atom. The number of hydrogen-bond donors (Lipinski definition) is 2. The van der Waals surface area contributed by atoms with Crippen molar-refractivity contribution in [1.29, 1.82) is 0 Å². The van der Waals surface area contributed by atoms with Gasteiger partial charge in [0, 0.05) is 25.1 Å². The van der Waals surface area contributed by atoms with E-state index in [4.69, 9.17) is 0 Å². The molecular formula is C17H30N4. The number of rotatable bonds is 6. The number of aromatic nitrogens is 2. The molecule has 0 saturated heterocycles. The Hall–Kier alpha value is -1.32. The van der Waals surface area contributed by atoms with Crippen LogP contribution in [0.2, 0.25) is 0 Å². The summed E-state index contributed by atoms with van der Waals surface area (Å²) in [6.07, 6.45) is 7.94. The van der Waals surface area contributed by atoms with Crippen molar-refractivity contribution in [1.82, 2.24) is 9.97 Å². The standard InChI is InChI=1S/C17H30N4/c1-5-6-13-7-9-14(10-8-13)19-16-11-15(18-4)20-17(21-16)12(2)3/h11-14H,5-10H2,1-4H3,(H2,18,19,20,21). The van der Waals surface area contributed by atoms with Gasteiger partial charge in [-0.05, 0) is 31.6 Å². The highest BCUT2D eigenvalue weighted by Crippen LogP contribution is 2.29. The number of nitrogens with zero attached hydrogens (tertiary/aromatic N) is 2. The fourth-order valence-electron chi connectivity index (χ4n) is 3.14. The van der Waals surface area contributed by atoms with Crippen molar-refractivity contribution in [2.45, 2.75) is 71.3 Å². The lowest BCUT2D eigenvalue weighted by atomic mass is 9.83. The predicted octanol–water partition coefficient (Wildman–Crippen LogP) is 4.41. The van der Waals surface area contributed by atoms with E-state index in [1.807, 2.05) is 13.1 Å². The zero-order valence-electron chi connectivity index (χ0n) is 13.9. The van der Waals surface area contributed by atoms with Gasteiger partial charge in [0.1, 0.15) is 17.5 Å². The van der Waals surface area contributed by atoms with E-state index in [9.17, 15) is 0 Å². The molecule has 0 aliphatic heterocycles. The molecule has 1 heterocycles. The smallest absolute Gasteiger partial charge is 0.135 e. The molecule has 0 spiro atoms. The van der Waals surface area contributed by atoms with Gasteiger partial charge in [-0.15, -0.1) is 0 Å². The molecule has 2 rings (SSSR count). The van der Waals surface area contributed by atoms with Crippen LogP contribution >= 0.6 is 0 Å². The molecule has 1 aromatic heterocycles. The van der Waals surface area contributed by atoms with E-state index in [0.29, 0.717) is 12.0 Å². The monoisotopic (exact) mass is 290 g/mol. The van der Waals surface area contributed by atoms with Crippen molar-refractivity contribution in [3.05, 3.63) is 11.9 Å². The summed E-state index contributed by atoms with van der Waals surface area (Å²) < 4.78 is 0. The van der Waals surface area contributed by atoms with Crippen molar-refractivity contribution in [2.24, 2.45) is 5.92 Å². The molecule has 1 aromatic rings. The molecule has 0 atom stereocenters. The first-order valence-corrected chi connectivity index (χ1v) is 8.45. The fraction of sp³-hybridized carbons (Fsp3) is 0.765. The average molecular weight is 290 g/mol. The maximum Gasteiger partial charge on any atom is 0.135 e. The van der Waals surface area contributed by atoms with E-state index >= 15 is 0 Å². The highest BCUT2D eigenvalue weighted by molar-refractivity contribution is 5.48. The number of nitrogens with one attached hydrogen (secondary N) is 2. The van der Waals surface area contributed by atoms with Crippen molar-refractivity contribution < 1.29 is 0 Å². The largest absolute Gasteiger partial charge is 0.373 e. The molecular weight excluding hydrogens is 260 g/mol. The minimum Gasteiger partial charge on any atom is -0.373 e. The van der Waals surface area contributed by atoms with Gasteiger partial charge in [-0.2, -0.15) is 0 Å². The lowest BCUT2D eigenvalue weighted by Crippen LogP contribution is -2.26. The van der Waals surface area contributed by atoms with E-state index < -0.39 is 0 Å². The normalized spacial score (nSPS) is 22.3. The van der Waals surface area contributed by atoms with Gasteiger partial charge < -0.3 is 10.6 Å². The third-order valence-corrected chi connectivity index (χ3v) is 4.41. The lowest BCUT2D eigenvalue weighted by molar-refractivity contribution is 0.318. The van der Waals surface area contributed by atoms with Gasteiger partial charge in [-0.25, -0.2) is 9.97 Å². The Kier molecular flexibility index (Phi) is 5.83. The van der Waals surface area contributed by atoms with Crippen LogP contribution in [0.3, 0.4) is 0 Å². The van der Waals surface area contributed by atoms with Crippen molar-refractivity contribution in [2.75, 3.05) is 17.7 Å². The van der Waals surface area contributed by atoms with E-state index in [0.717, 1.165) is 23.4 Å². The van der Waals surface area contributed by atoms with Crippen LogP contribution in [0.15, 0.2) is 6.07 Å². The van der Waals surface area contributed by atoms with Crippen LogP contribution in [0, 0.1) is 5.92 Å². The molecule has 1 aliphatic rings. The summed E-state index contributed by atoms with van der Waals surface area (Å²) in [4.78, 5) is 9.19. The van der Waals surface area contributed by atoms with E-state index in [1.165, 1.54) is 38.5 Å². The first-order chi connectivity index (χ1) is 10.1. The second-order valence-corrected chi connectivity index (χ2v) is 6.55. The van der Waals surface area contributed by atoms with Crippen LogP contribution in [0.25, 0.3) is 0 Å². The molecule has 1 aliphatic carbocycles. The second kappa shape index (κ2) is 7.62. The Bertz CT molecular complexity index is 436. The zero-order valence-corrected chi connectivity index (χ0v) is 13.9. The van der Waals surface area contributed by atoms with Gasteiger partial charge in [0.15, 0.2) is 0 Å². The maximum atomic E-state index is 4.67.